The average molecular weight is 235 g/mol. The normalized spacial score (nSPS) is 21.4. The highest BCUT2D eigenvalue weighted by Crippen LogP contribution is 2.47. The molecule has 0 saturated carbocycles. The second-order valence-corrected chi connectivity index (χ2v) is 7.13. The van der Waals surface area contributed by atoms with Crippen molar-refractivity contribution in [3.63, 3.8) is 0 Å². The molecule has 0 bridgehead atoms. The minimum absolute atomic E-state index is 0.196. The van der Waals surface area contributed by atoms with Crippen LogP contribution >= 0.6 is 0 Å². The zero-order valence-electron chi connectivity index (χ0n) is 11.9. The summed E-state index contributed by atoms with van der Waals surface area (Å²) in [5.41, 5.74) is 3.26. The maximum Gasteiger partial charge on any atom is 0.152 e. The topological polar surface area (TPSA) is 40.7 Å². The first kappa shape index (κ1) is 12.5. The Morgan fingerprint density at radius 2 is 1.88 bits per heavy atom. The van der Waals surface area contributed by atoms with Gasteiger partial charge in [0.2, 0.25) is 0 Å². The zero-order valence-corrected chi connectivity index (χ0v) is 11.9. The van der Waals surface area contributed by atoms with Gasteiger partial charge in [-0.2, -0.15) is 5.10 Å². The van der Waals surface area contributed by atoms with E-state index in [1.807, 2.05) is 0 Å². The van der Waals surface area contributed by atoms with Crippen molar-refractivity contribution in [2.75, 3.05) is 5.32 Å². The fraction of sp³-hybridized carbons (Fsp3) is 0.786. The second-order valence-electron chi connectivity index (χ2n) is 7.13. The van der Waals surface area contributed by atoms with Crippen LogP contribution in [0.25, 0.3) is 0 Å². The minimum atomic E-state index is 0.196. The molecule has 0 saturated heterocycles. The van der Waals surface area contributed by atoms with Gasteiger partial charge in [-0.3, -0.25) is 5.10 Å². The van der Waals surface area contributed by atoms with E-state index in [9.17, 15) is 0 Å². The third-order valence-electron chi connectivity index (χ3n) is 3.52. The molecule has 3 heteroatoms. The summed E-state index contributed by atoms with van der Waals surface area (Å²) < 4.78 is 0. The summed E-state index contributed by atoms with van der Waals surface area (Å²) in [5.74, 6) is 1.05. The molecule has 1 heterocycles. The van der Waals surface area contributed by atoms with Gasteiger partial charge in [0, 0.05) is 17.3 Å². The summed E-state index contributed by atoms with van der Waals surface area (Å²) >= 11 is 0. The lowest BCUT2D eigenvalue weighted by atomic mass is 9.64. The Morgan fingerprint density at radius 3 is 2.47 bits per heavy atom. The van der Waals surface area contributed by atoms with E-state index in [0.29, 0.717) is 11.5 Å². The van der Waals surface area contributed by atoms with Crippen LogP contribution in [0.4, 0.5) is 5.82 Å². The monoisotopic (exact) mass is 235 g/mol. The number of aromatic amines is 1. The highest BCUT2D eigenvalue weighted by molar-refractivity contribution is 5.52. The Kier molecular flexibility index (Phi) is 2.75. The van der Waals surface area contributed by atoms with Gasteiger partial charge in [0.05, 0.1) is 0 Å². The molecule has 1 aliphatic carbocycles. The first-order valence-corrected chi connectivity index (χ1v) is 6.55. The van der Waals surface area contributed by atoms with Gasteiger partial charge < -0.3 is 5.32 Å². The van der Waals surface area contributed by atoms with Crippen molar-refractivity contribution < 1.29 is 0 Å². The quantitative estimate of drug-likeness (QED) is 0.824. The van der Waals surface area contributed by atoms with Gasteiger partial charge in [-0.25, -0.2) is 0 Å². The maximum absolute atomic E-state index is 4.46. The lowest BCUT2D eigenvalue weighted by Crippen LogP contribution is -2.35. The molecule has 0 aliphatic heterocycles. The number of fused-ring (bicyclic) bond motifs is 1. The summed E-state index contributed by atoms with van der Waals surface area (Å²) in [7, 11) is 0. The Labute approximate surface area is 104 Å². The molecule has 0 unspecified atom stereocenters. The molecule has 0 fully saturated rings. The molecule has 1 aromatic rings. The second kappa shape index (κ2) is 3.76. The number of aromatic nitrogens is 2. The first-order chi connectivity index (χ1) is 7.71. The molecule has 0 spiro atoms. The van der Waals surface area contributed by atoms with Crippen molar-refractivity contribution in [1.29, 1.82) is 0 Å². The van der Waals surface area contributed by atoms with E-state index in [0.717, 1.165) is 12.2 Å². The first-order valence-electron chi connectivity index (χ1n) is 6.55. The third-order valence-corrected chi connectivity index (χ3v) is 3.52. The van der Waals surface area contributed by atoms with E-state index in [1.54, 1.807) is 0 Å². The number of rotatable bonds is 2. The summed E-state index contributed by atoms with van der Waals surface area (Å²) in [5, 5.41) is 11.1. The van der Waals surface area contributed by atoms with Crippen LogP contribution < -0.4 is 5.32 Å². The molecule has 0 amide bonds. The molecule has 0 radical (unpaired) electrons. The van der Waals surface area contributed by atoms with Crippen LogP contribution in [0.2, 0.25) is 0 Å². The van der Waals surface area contributed by atoms with Gasteiger partial charge in [-0.15, -0.1) is 0 Å². The van der Waals surface area contributed by atoms with Crippen molar-refractivity contribution in [1.82, 2.24) is 10.2 Å². The summed E-state index contributed by atoms with van der Waals surface area (Å²) in [6.07, 6.45) is 2.30. The third kappa shape index (κ3) is 2.33. The largest absolute Gasteiger partial charge is 0.366 e. The van der Waals surface area contributed by atoms with Crippen molar-refractivity contribution in [2.24, 2.45) is 5.41 Å². The van der Waals surface area contributed by atoms with Crippen LogP contribution in [0.3, 0.4) is 0 Å². The highest BCUT2D eigenvalue weighted by Gasteiger charge is 2.40. The molecule has 96 valence electrons. The Bertz CT molecular complexity index is 400. The van der Waals surface area contributed by atoms with Crippen LogP contribution in [-0.2, 0) is 11.8 Å². The molecule has 0 atom stereocenters. The standard InChI is InChI=1S/C14H25N3/c1-9(2)15-12-11-10(16-17-12)7-13(3,4)8-14(11,5)6/h9H,7-8H2,1-6H3,(H2,15,16,17). The fourth-order valence-corrected chi connectivity index (χ4v) is 3.44. The van der Waals surface area contributed by atoms with Crippen molar-refractivity contribution in [3.8, 4) is 0 Å². The summed E-state index contributed by atoms with van der Waals surface area (Å²) in [6.45, 7) is 13.6. The van der Waals surface area contributed by atoms with E-state index < -0.39 is 0 Å². The lowest BCUT2D eigenvalue weighted by Gasteiger charge is -2.40. The van der Waals surface area contributed by atoms with Crippen molar-refractivity contribution in [2.45, 2.75) is 65.8 Å². The van der Waals surface area contributed by atoms with Gasteiger partial charge in [-0.1, -0.05) is 27.7 Å². The zero-order chi connectivity index (χ0) is 12.8. The number of nitrogens with zero attached hydrogens (tertiary/aromatic N) is 1. The number of H-pyrrole nitrogens is 1. The van der Waals surface area contributed by atoms with Gasteiger partial charge in [0.15, 0.2) is 5.82 Å². The fourth-order valence-electron chi connectivity index (χ4n) is 3.44. The molecular formula is C14H25N3. The van der Waals surface area contributed by atoms with E-state index >= 15 is 0 Å². The van der Waals surface area contributed by atoms with Crippen LogP contribution in [-0.4, -0.2) is 16.2 Å². The van der Waals surface area contributed by atoms with E-state index in [4.69, 9.17) is 0 Å². The Balaban J connectivity index is 2.43. The smallest absolute Gasteiger partial charge is 0.152 e. The van der Waals surface area contributed by atoms with Gasteiger partial charge in [0.25, 0.3) is 0 Å². The van der Waals surface area contributed by atoms with E-state index in [2.05, 4.69) is 57.1 Å². The number of hydrogen-bond donors (Lipinski definition) is 2. The number of hydrogen-bond acceptors (Lipinski definition) is 2. The summed E-state index contributed by atoms with van der Waals surface area (Å²) in [4.78, 5) is 0. The predicted octanol–water partition coefficient (Wildman–Crippen LogP) is 3.48. The number of anilines is 1. The molecule has 1 aliphatic rings. The molecule has 1 aromatic heterocycles. The molecular weight excluding hydrogens is 210 g/mol. The molecule has 17 heavy (non-hydrogen) atoms. The van der Waals surface area contributed by atoms with E-state index in [-0.39, 0.29) is 5.41 Å². The van der Waals surface area contributed by atoms with Crippen LogP contribution in [0.1, 0.15) is 59.2 Å². The van der Waals surface area contributed by atoms with E-state index in [1.165, 1.54) is 17.7 Å². The van der Waals surface area contributed by atoms with Gasteiger partial charge in [0.1, 0.15) is 0 Å². The predicted molar refractivity (Wildman–Crippen MR) is 72.5 cm³/mol. The number of nitrogens with one attached hydrogen (secondary N) is 2. The maximum atomic E-state index is 4.46. The van der Waals surface area contributed by atoms with Crippen LogP contribution in [0.15, 0.2) is 0 Å². The minimum Gasteiger partial charge on any atom is -0.366 e. The molecule has 0 aromatic carbocycles. The van der Waals surface area contributed by atoms with Gasteiger partial charge in [-0.05, 0) is 37.5 Å². The van der Waals surface area contributed by atoms with Crippen molar-refractivity contribution >= 4 is 5.82 Å². The lowest BCUT2D eigenvalue weighted by molar-refractivity contribution is 0.230. The van der Waals surface area contributed by atoms with Gasteiger partial charge >= 0.3 is 0 Å². The van der Waals surface area contributed by atoms with Crippen LogP contribution in [0, 0.1) is 5.41 Å². The summed E-state index contributed by atoms with van der Waals surface area (Å²) in [6, 6.07) is 0.424. The van der Waals surface area contributed by atoms with Crippen LogP contribution in [0.5, 0.6) is 0 Å². The Hall–Kier alpha value is -0.990. The van der Waals surface area contributed by atoms with Crippen molar-refractivity contribution in [3.05, 3.63) is 11.3 Å². The molecule has 3 nitrogen and oxygen atoms in total. The highest BCUT2D eigenvalue weighted by atomic mass is 15.2. The molecule has 2 N–H and O–H groups in total. The molecule has 2 rings (SSSR count). The SMILES string of the molecule is CC(C)Nc1n[nH]c2c1C(C)(C)CC(C)(C)C2. The Morgan fingerprint density at radius 1 is 1.24 bits per heavy atom. The average Bonchev–Trinajstić information content (AvgIpc) is 2.43.